The lowest BCUT2D eigenvalue weighted by Crippen LogP contribution is -2.23. The fourth-order valence-corrected chi connectivity index (χ4v) is 2.37. The molecule has 0 fully saturated rings. The van der Waals surface area contributed by atoms with E-state index in [4.69, 9.17) is 9.84 Å². The van der Waals surface area contributed by atoms with Gasteiger partial charge in [0.15, 0.2) is 5.69 Å². The zero-order valence-corrected chi connectivity index (χ0v) is 11.3. The number of carboxylic acid groups (broad SMARTS) is 1. The van der Waals surface area contributed by atoms with E-state index in [9.17, 15) is 4.79 Å². The number of fused-ring (bicyclic) bond motifs is 1. The van der Waals surface area contributed by atoms with Crippen molar-refractivity contribution in [1.82, 2.24) is 9.97 Å². The molecule has 0 saturated heterocycles. The van der Waals surface area contributed by atoms with E-state index in [1.165, 1.54) is 23.5 Å². The zero-order valence-electron chi connectivity index (χ0n) is 11.3. The Morgan fingerprint density at radius 1 is 1.33 bits per heavy atom. The highest BCUT2D eigenvalue weighted by molar-refractivity contribution is 5.84. The molecule has 1 aromatic carbocycles. The number of rotatable bonds is 4. The van der Waals surface area contributed by atoms with Crippen LogP contribution in [0.15, 0.2) is 36.7 Å². The highest BCUT2D eigenvalue weighted by atomic mass is 16.5. The van der Waals surface area contributed by atoms with E-state index >= 15 is 0 Å². The third-order valence-electron chi connectivity index (χ3n) is 3.43. The van der Waals surface area contributed by atoms with Crippen molar-refractivity contribution in [1.29, 1.82) is 0 Å². The van der Waals surface area contributed by atoms with Crippen LogP contribution >= 0.6 is 0 Å². The van der Waals surface area contributed by atoms with E-state index < -0.39 is 5.97 Å². The van der Waals surface area contributed by atoms with E-state index in [1.807, 2.05) is 12.1 Å². The Morgan fingerprint density at radius 2 is 2.19 bits per heavy atom. The molecule has 0 bridgehead atoms. The van der Waals surface area contributed by atoms with Gasteiger partial charge in [0.25, 0.3) is 0 Å². The normalized spacial score (nSPS) is 17.0. The molecule has 1 aromatic heterocycles. The largest absolute Gasteiger partial charge is 0.476 e. The van der Waals surface area contributed by atoms with E-state index in [0.717, 1.165) is 6.42 Å². The number of hydrogen-bond acceptors (Lipinski definition) is 5. The number of anilines is 1. The minimum atomic E-state index is -1.08. The van der Waals surface area contributed by atoms with Gasteiger partial charge < -0.3 is 15.2 Å². The molecule has 0 amide bonds. The first-order valence-corrected chi connectivity index (χ1v) is 6.72. The van der Waals surface area contributed by atoms with Crippen molar-refractivity contribution < 1.29 is 14.6 Å². The third kappa shape index (κ3) is 3.00. The van der Waals surface area contributed by atoms with Gasteiger partial charge in [-0.05, 0) is 17.5 Å². The topological polar surface area (TPSA) is 84.3 Å². The van der Waals surface area contributed by atoms with Crippen molar-refractivity contribution in [2.75, 3.05) is 18.5 Å². The van der Waals surface area contributed by atoms with Gasteiger partial charge in [-0.3, -0.25) is 0 Å². The van der Waals surface area contributed by atoms with Crippen LogP contribution in [0, 0.1) is 0 Å². The van der Waals surface area contributed by atoms with Gasteiger partial charge in [0.1, 0.15) is 5.82 Å². The third-order valence-corrected chi connectivity index (χ3v) is 3.43. The average Bonchev–Trinajstić information content (AvgIpc) is 2.53. The number of hydrogen-bond donors (Lipinski definition) is 2. The molecule has 6 nitrogen and oxygen atoms in total. The number of aromatic nitrogens is 2. The van der Waals surface area contributed by atoms with Crippen molar-refractivity contribution in [2.45, 2.75) is 12.5 Å². The first-order chi connectivity index (χ1) is 10.2. The summed E-state index contributed by atoms with van der Waals surface area (Å²) in [6, 6.07) is 8.22. The van der Waals surface area contributed by atoms with Gasteiger partial charge in [0.2, 0.25) is 0 Å². The molecule has 6 heteroatoms. The molecule has 1 atom stereocenters. The summed E-state index contributed by atoms with van der Waals surface area (Å²) in [7, 11) is 0. The number of nitrogens with zero attached hydrogens (tertiary/aromatic N) is 2. The lowest BCUT2D eigenvalue weighted by Gasteiger charge is -2.26. The lowest BCUT2D eigenvalue weighted by atomic mass is 9.97. The van der Waals surface area contributed by atoms with Gasteiger partial charge in [0.05, 0.1) is 25.1 Å². The predicted molar refractivity (Wildman–Crippen MR) is 76.3 cm³/mol. The Hall–Kier alpha value is -2.47. The van der Waals surface area contributed by atoms with Gasteiger partial charge in [-0.1, -0.05) is 24.3 Å². The highest BCUT2D eigenvalue weighted by Gasteiger charge is 2.20. The van der Waals surface area contributed by atoms with Crippen molar-refractivity contribution >= 4 is 11.8 Å². The second-order valence-corrected chi connectivity index (χ2v) is 4.78. The number of nitrogens with one attached hydrogen (secondary N) is 1. The van der Waals surface area contributed by atoms with Gasteiger partial charge in [-0.2, -0.15) is 0 Å². The van der Waals surface area contributed by atoms with Crippen LogP contribution in [-0.2, 0) is 11.2 Å². The van der Waals surface area contributed by atoms with Crippen LogP contribution in [0.3, 0.4) is 0 Å². The quantitative estimate of drug-likeness (QED) is 0.892. The monoisotopic (exact) mass is 285 g/mol. The average molecular weight is 285 g/mol. The molecule has 0 saturated carbocycles. The molecule has 3 rings (SSSR count). The van der Waals surface area contributed by atoms with Crippen molar-refractivity contribution in [3.05, 3.63) is 53.5 Å². The Balaban J connectivity index is 1.67. The number of ether oxygens (including phenoxy) is 1. The number of aromatic carboxylic acids is 1. The summed E-state index contributed by atoms with van der Waals surface area (Å²) >= 11 is 0. The Morgan fingerprint density at radius 3 is 2.95 bits per heavy atom. The molecule has 2 heterocycles. The smallest absolute Gasteiger partial charge is 0.356 e. The maximum Gasteiger partial charge on any atom is 0.356 e. The van der Waals surface area contributed by atoms with Crippen molar-refractivity contribution in [3.8, 4) is 0 Å². The maximum absolute atomic E-state index is 10.7. The van der Waals surface area contributed by atoms with E-state index in [2.05, 4.69) is 27.4 Å². The summed E-state index contributed by atoms with van der Waals surface area (Å²) in [6.45, 7) is 1.27. The standard InChI is InChI=1S/C15H15N3O3/c19-15(20)12-7-17-14(9-16-12)18-8-13-11-4-2-1-3-10(11)5-6-21-13/h1-4,7,9,13H,5-6,8H2,(H,17,18)(H,19,20). The Bertz CT molecular complexity index is 643. The first kappa shape index (κ1) is 13.5. The minimum absolute atomic E-state index is 0.0316. The Labute approximate surface area is 121 Å². The maximum atomic E-state index is 10.7. The molecule has 0 aliphatic carbocycles. The van der Waals surface area contributed by atoms with Crippen LogP contribution in [0.4, 0.5) is 5.82 Å². The van der Waals surface area contributed by atoms with Crippen LogP contribution in [0.25, 0.3) is 0 Å². The summed E-state index contributed by atoms with van der Waals surface area (Å²) in [5.74, 6) is -0.551. The van der Waals surface area contributed by atoms with Crippen LogP contribution < -0.4 is 5.32 Å². The van der Waals surface area contributed by atoms with Crippen LogP contribution in [0.5, 0.6) is 0 Å². The first-order valence-electron chi connectivity index (χ1n) is 6.72. The molecule has 1 aliphatic rings. The fourth-order valence-electron chi connectivity index (χ4n) is 2.37. The molecule has 0 radical (unpaired) electrons. The molecule has 2 aromatic rings. The molecular weight excluding hydrogens is 270 g/mol. The number of benzene rings is 1. The van der Waals surface area contributed by atoms with Crippen LogP contribution in [0.1, 0.15) is 27.7 Å². The van der Waals surface area contributed by atoms with Crippen molar-refractivity contribution in [2.24, 2.45) is 0 Å². The van der Waals surface area contributed by atoms with Crippen molar-refractivity contribution in [3.63, 3.8) is 0 Å². The van der Waals surface area contributed by atoms with Gasteiger partial charge in [-0.25, -0.2) is 14.8 Å². The second-order valence-electron chi connectivity index (χ2n) is 4.78. The highest BCUT2D eigenvalue weighted by Crippen LogP contribution is 2.26. The van der Waals surface area contributed by atoms with Crippen LogP contribution in [-0.4, -0.2) is 34.2 Å². The molecule has 0 spiro atoms. The van der Waals surface area contributed by atoms with Gasteiger partial charge in [-0.15, -0.1) is 0 Å². The zero-order chi connectivity index (χ0) is 14.7. The molecule has 108 valence electrons. The molecule has 21 heavy (non-hydrogen) atoms. The lowest BCUT2D eigenvalue weighted by molar-refractivity contribution is 0.0513. The van der Waals surface area contributed by atoms with E-state index in [0.29, 0.717) is 19.0 Å². The summed E-state index contributed by atoms with van der Waals surface area (Å²) in [5.41, 5.74) is 2.43. The number of carbonyl (C=O) groups is 1. The second kappa shape index (κ2) is 5.88. The summed E-state index contributed by atoms with van der Waals surface area (Å²) < 4.78 is 5.78. The molecule has 2 N–H and O–H groups in total. The summed E-state index contributed by atoms with van der Waals surface area (Å²) in [6.07, 6.45) is 3.55. The molecule has 1 unspecified atom stereocenters. The van der Waals surface area contributed by atoms with Gasteiger partial charge in [0, 0.05) is 6.54 Å². The molecule has 1 aliphatic heterocycles. The number of carboxylic acids is 1. The fraction of sp³-hybridized carbons (Fsp3) is 0.267. The predicted octanol–water partition coefficient (Wildman–Crippen LogP) is 1.90. The van der Waals surface area contributed by atoms with E-state index in [-0.39, 0.29) is 11.8 Å². The van der Waals surface area contributed by atoms with E-state index in [1.54, 1.807) is 0 Å². The Kier molecular flexibility index (Phi) is 3.79. The minimum Gasteiger partial charge on any atom is -0.476 e. The molecular formula is C15H15N3O3. The van der Waals surface area contributed by atoms with Gasteiger partial charge >= 0.3 is 5.97 Å². The van der Waals surface area contributed by atoms with Crippen LogP contribution in [0.2, 0.25) is 0 Å². The SMILES string of the molecule is O=C(O)c1cnc(NCC2OCCc3ccccc32)cn1. The summed E-state index contributed by atoms with van der Waals surface area (Å²) in [4.78, 5) is 18.6. The summed E-state index contributed by atoms with van der Waals surface area (Å²) in [5, 5.41) is 11.9.